The Labute approximate surface area is 196 Å². The highest BCUT2D eigenvalue weighted by atomic mass is 19.4. The van der Waals surface area contributed by atoms with Gasteiger partial charge in [-0.3, -0.25) is 0 Å². The van der Waals surface area contributed by atoms with Crippen LogP contribution in [0.25, 0.3) is 5.57 Å². The van der Waals surface area contributed by atoms with Crippen molar-refractivity contribution in [3.63, 3.8) is 0 Å². The molecule has 0 heterocycles. The van der Waals surface area contributed by atoms with Gasteiger partial charge in [0.15, 0.2) is 6.61 Å². The van der Waals surface area contributed by atoms with Crippen LogP contribution in [0.15, 0.2) is 42.0 Å². The Morgan fingerprint density at radius 1 is 1.03 bits per heavy atom. The molecule has 0 aliphatic carbocycles. The third kappa shape index (κ3) is 8.41. The molecule has 0 spiro atoms. The van der Waals surface area contributed by atoms with Gasteiger partial charge < -0.3 is 9.84 Å². The summed E-state index contributed by atoms with van der Waals surface area (Å²) in [5.41, 5.74) is 3.11. The fourth-order valence-electron chi connectivity index (χ4n) is 3.20. The average Bonchev–Trinajstić information content (AvgIpc) is 2.70. The summed E-state index contributed by atoms with van der Waals surface area (Å²) in [5.74, 6) is -0.795. The largest absolute Gasteiger partial charge is 0.483 e. The van der Waals surface area contributed by atoms with Crippen LogP contribution >= 0.6 is 0 Å². The Hall–Kier alpha value is -2.50. The molecular weight excluding hydrogens is 429 g/mol. The number of halogens is 3. The number of alkyl halides is 3. The minimum Gasteiger partial charge on any atom is -0.483 e. The minimum atomic E-state index is -4.46. The van der Waals surface area contributed by atoms with E-state index in [1.54, 1.807) is 25.2 Å². The van der Waals surface area contributed by atoms with Gasteiger partial charge in [0.25, 0.3) is 0 Å². The summed E-state index contributed by atoms with van der Waals surface area (Å²) in [4.78, 5) is 10.8. The maximum absolute atomic E-state index is 13.1. The maximum atomic E-state index is 13.1. The van der Waals surface area contributed by atoms with Gasteiger partial charge in [-0.15, -0.1) is 0 Å². The molecule has 0 saturated carbocycles. The predicted octanol–water partition coefficient (Wildman–Crippen LogP) is 7.99. The van der Waals surface area contributed by atoms with Crippen LogP contribution in [0.4, 0.5) is 13.2 Å². The molecule has 6 heteroatoms. The van der Waals surface area contributed by atoms with E-state index in [0.717, 1.165) is 35.6 Å². The fourth-order valence-corrected chi connectivity index (χ4v) is 3.20. The SMILES string of the molecule is CCC(C)(C)c1cc(\C(C)=C/C=C/C(C)=C/C(=O)O)c(OCC(F)(F)F)c(C(C)(C)CC)c1. The van der Waals surface area contributed by atoms with E-state index in [9.17, 15) is 18.0 Å². The molecule has 1 N–H and O–H groups in total. The van der Waals surface area contributed by atoms with E-state index in [-0.39, 0.29) is 11.2 Å². The molecule has 0 aromatic heterocycles. The first kappa shape index (κ1) is 28.5. The lowest BCUT2D eigenvalue weighted by Gasteiger charge is -2.32. The van der Waals surface area contributed by atoms with Gasteiger partial charge in [-0.05, 0) is 60.3 Å². The van der Waals surface area contributed by atoms with Crippen molar-refractivity contribution < 1.29 is 27.8 Å². The number of carboxylic acids is 1. The summed E-state index contributed by atoms with van der Waals surface area (Å²) in [5, 5.41) is 8.86. The Balaban J connectivity index is 3.79. The van der Waals surface area contributed by atoms with Gasteiger partial charge in [-0.1, -0.05) is 65.8 Å². The first-order chi connectivity index (χ1) is 15.0. The zero-order valence-electron chi connectivity index (χ0n) is 21.0. The molecule has 33 heavy (non-hydrogen) atoms. The summed E-state index contributed by atoms with van der Waals surface area (Å²) in [7, 11) is 0. The molecular formula is C27H37F3O3. The molecule has 0 aliphatic rings. The van der Waals surface area contributed by atoms with Crippen LogP contribution in [0.3, 0.4) is 0 Å². The van der Waals surface area contributed by atoms with Crippen molar-refractivity contribution in [2.45, 2.75) is 85.2 Å². The monoisotopic (exact) mass is 466 g/mol. The van der Waals surface area contributed by atoms with E-state index >= 15 is 0 Å². The number of rotatable bonds is 10. The summed E-state index contributed by atoms with van der Waals surface area (Å²) in [6, 6.07) is 3.91. The van der Waals surface area contributed by atoms with E-state index in [1.807, 2.05) is 39.8 Å². The lowest BCUT2D eigenvalue weighted by molar-refractivity contribution is -0.153. The molecule has 1 aromatic carbocycles. The Kier molecular flexibility index (Phi) is 9.58. The van der Waals surface area contributed by atoms with Gasteiger partial charge in [0.1, 0.15) is 5.75 Å². The highest BCUT2D eigenvalue weighted by Gasteiger charge is 2.33. The summed E-state index contributed by atoms with van der Waals surface area (Å²) >= 11 is 0. The van der Waals surface area contributed by atoms with Crippen LogP contribution in [0.2, 0.25) is 0 Å². The van der Waals surface area contributed by atoms with E-state index in [0.29, 0.717) is 11.1 Å². The number of hydrogen-bond acceptors (Lipinski definition) is 2. The third-order valence-corrected chi connectivity index (χ3v) is 6.23. The zero-order valence-corrected chi connectivity index (χ0v) is 21.0. The highest BCUT2D eigenvalue weighted by Crippen LogP contribution is 2.43. The van der Waals surface area contributed by atoms with Gasteiger partial charge in [-0.2, -0.15) is 13.2 Å². The molecule has 184 valence electrons. The minimum absolute atomic E-state index is 0.174. The van der Waals surface area contributed by atoms with Gasteiger partial charge in [0.05, 0.1) is 0 Å². The number of hydrogen-bond donors (Lipinski definition) is 1. The van der Waals surface area contributed by atoms with Crippen LogP contribution in [0.1, 0.15) is 84.9 Å². The summed E-state index contributed by atoms with van der Waals surface area (Å²) in [6.45, 7) is 14.5. The zero-order chi connectivity index (χ0) is 25.6. The summed E-state index contributed by atoms with van der Waals surface area (Å²) < 4.78 is 44.7. The molecule has 0 saturated heterocycles. The first-order valence-corrected chi connectivity index (χ1v) is 11.2. The van der Waals surface area contributed by atoms with Crippen LogP contribution < -0.4 is 4.74 Å². The van der Waals surface area contributed by atoms with E-state index < -0.39 is 24.2 Å². The quantitative estimate of drug-likeness (QED) is 0.281. The van der Waals surface area contributed by atoms with Crippen molar-refractivity contribution in [2.24, 2.45) is 0 Å². The van der Waals surface area contributed by atoms with Crippen LogP contribution in [-0.4, -0.2) is 23.9 Å². The van der Waals surface area contributed by atoms with Gasteiger partial charge >= 0.3 is 12.1 Å². The van der Waals surface area contributed by atoms with Crippen molar-refractivity contribution in [3.05, 3.63) is 58.7 Å². The van der Waals surface area contributed by atoms with Crippen molar-refractivity contribution in [2.75, 3.05) is 6.61 Å². The lowest BCUT2D eigenvalue weighted by atomic mass is 9.74. The van der Waals surface area contributed by atoms with Crippen molar-refractivity contribution in [3.8, 4) is 5.75 Å². The third-order valence-electron chi connectivity index (χ3n) is 6.23. The van der Waals surface area contributed by atoms with Gasteiger partial charge in [0.2, 0.25) is 0 Å². The number of aliphatic carboxylic acids is 1. The maximum Gasteiger partial charge on any atom is 0.422 e. The molecule has 1 rings (SSSR count). The van der Waals surface area contributed by atoms with E-state index in [4.69, 9.17) is 9.84 Å². The van der Waals surface area contributed by atoms with E-state index in [1.165, 1.54) is 0 Å². The molecule has 0 unspecified atom stereocenters. The van der Waals surface area contributed by atoms with Crippen LogP contribution in [0.5, 0.6) is 5.75 Å². The summed E-state index contributed by atoms with van der Waals surface area (Å²) in [6.07, 6.45) is 3.33. The first-order valence-electron chi connectivity index (χ1n) is 11.2. The number of ether oxygens (including phenoxy) is 1. The van der Waals surface area contributed by atoms with Crippen molar-refractivity contribution in [1.82, 2.24) is 0 Å². The molecule has 0 radical (unpaired) electrons. The smallest absolute Gasteiger partial charge is 0.422 e. The molecule has 1 aromatic rings. The van der Waals surface area contributed by atoms with Crippen LogP contribution in [0, 0.1) is 0 Å². The highest BCUT2D eigenvalue weighted by molar-refractivity contribution is 5.81. The van der Waals surface area contributed by atoms with Crippen molar-refractivity contribution in [1.29, 1.82) is 0 Å². The van der Waals surface area contributed by atoms with Gasteiger partial charge in [-0.25, -0.2) is 4.79 Å². The number of carboxylic acid groups (broad SMARTS) is 1. The second-order valence-electron chi connectivity index (χ2n) is 9.71. The standard InChI is InChI=1S/C27H37F3O3/c1-9-25(5,6)20-15-21(19(4)13-11-12-18(3)14-23(31)32)24(33-17-27(28,29)30)22(16-20)26(7,8)10-2/h11-16H,9-10,17H2,1-8H3,(H,31,32)/b12-11+,18-14+,19-13-. The Morgan fingerprint density at radius 2 is 1.61 bits per heavy atom. The lowest BCUT2D eigenvalue weighted by Crippen LogP contribution is -2.25. The van der Waals surface area contributed by atoms with Gasteiger partial charge in [0, 0.05) is 17.2 Å². The molecule has 0 aliphatic heterocycles. The average molecular weight is 467 g/mol. The van der Waals surface area contributed by atoms with Crippen LogP contribution in [-0.2, 0) is 15.6 Å². The predicted molar refractivity (Wildman–Crippen MR) is 129 cm³/mol. The Bertz CT molecular complexity index is 933. The molecule has 0 amide bonds. The number of benzene rings is 1. The topological polar surface area (TPSA) is 46.5 Å². The second kappa shape index (κ2) is 11.1. The molecule has 0 bridgehead atoms. The number of allylic oxidation sites excluding steroid dienone is 5. The second-order valence-corrected chi connectivity index (χ2v) is 9.71. The van der Waals surface area contributed by atoms with Crippen molar-refractivity contribution >= 4 is 11.5 Å². The van der Waals surface area contributed by atoms with E-state index in [2.05, 4.69) is 20.8 Å². The molecule has 0 atom stereocenters. The fraction of sp³-hybridized carbons (Fsp3) is 0.519. The number of carbonyl (C=O) groups is 1. The molecule has 3 nitrogen and oxygen atoms in total. The Morgan fingerprint density at radius 3 is 2.09 bits per heavy atom. The molecule has 0 fully saturated rings. The normalized spacial score (nSPS) is 14.2.